The van der Waals surface area contributed by atoms with E-state index in [1.54, 1.807) is 18.2 Å². The number of rotatable bonds is 6. The summed E-state index contributed by atoms with van der Waals surface area (Å²) in [6.07, 6.45) is 0.680. The molecule has 0 fully saturated rings. The number of nitrogens with one attached hydrogen (secondary N) is 1. The lowest BCUT2D eigenvalue weighted by atomic mass is 10.2. The fraction of sp³-hybridized carbons (Fsp3) is 0.227. The maximum Gasteiger partial charge on any atom is 0.272 e. The molecule has 4 rings (SSSR count). The first kappa shape index (κ1) is 22.7. The smallest absolute Gasteiger partial charge is 0.272 e. The number of carbonyl (C=O) groups is 1. The molecule has 1 aromatic heterocycles. The molecule has 10 heteroatoms. The van der Waals surface area contributed by atoms with Crippen LogP contribution in [0.15, 0.2) is 57.3 Å². The Morgan fingerprint density at radius 1 is 1.34 bits per heavy atom. The van der Waals surface area contributed by atoms with Crippen LogP contribution in [0.3, 0.4) is 0 Å². The second kappa shape index (κ2) is 9.56. The summed E-state index contributed by atoms with van der Waals surface area (Å²) in [5.74, 6) is -0.218. The summed E-state index contributed by atoms with van der Waals surface area (Å²) in [4.78, 5) is 31.1. The van der Waals surface area contributed by atoms with Gasteiger partial charge in [-0.1, -0.05) is 30.3 Å². The molecule has 0 saturated heterocycles. The number of methoxy groups -OCH3 is 1. The number of thioether (sulfide) groups is 2. The third-order valence-corrected chi connectivity index (χ3v) is 7.12. The summed E-state index contributed by atoms with van der Waals surface area (Å²) in [7, 11) is 1.50. The maximum atomic E-state index is 13.4. The van der Waals surface area contributed by atoms with Crippen LogP contribution in [-0.4, -0.2) is 33.6 Å². The molecule has 166 valence electrons. The lowest BCUT2D eigenvalue weighted by Crippen LogP contribution is -2.24. The number of fused-ring (bicyclic) bond motifs is 1. The molecule has 2 heterocycles. The largest absolute Gasteiger partial charge is 0.495 e. The summed E-state index contributed by atoms with van der Waals surface area (Å²) >= 11 is 8.64. The van der Waals surface area contributed by atoms with E-state index in [9.17, 15) is 14.0 Å². The van der Waals surface area contributed by atoms with Gasteiger partial charge < -0.3 is 10.1 Å². The van der Waals surface area contributed by atoms with E-state index in [0.717, 1.165) is 17.5 Å². The van der Waals surface area contributed by atoms with Crippen LogP contribution in [0.5, 0.6) is 5.75 Å². The number of aromatic nitrogens is 2. The monoisotopic (exact) mass is 491 g/mol. The van der Waals surface area contributed by atoms with Crippen molar-refractivity contribution in [3.05, 3.63) is 69.4 Å². The Bertz CT molecular complexity index is 1230. The van der Waals surface area contributed by atoms with Crippen LogP contribution in [0.2, 0.25) is 5.02 Å². The van der Waals surface area contributed by atoms with Gasteiger partial charge in [0.2, 0.25) is 5.91 Å². The molecule has 1 N–H and O–H groups in total. The van der Waals surface area contributed by atoms with Crippen LogP contribution in [0.25, 0.3) is 5.69 Å². The Morgan fingerprint density at radius 3 is 2.81 bits per heavy atom. The Balaban J connectivity index is 1.62. The van der Waals surface area contributed by atoms with Crippen molar-refractivity contribution in [2.75, 3.05) is 18.2 Å². The van der Waals surface area contributed by atoms with Crippen molar-refractivity contribution in [1.82, 2.24) is 9.55 Å². The van der Waals surface area contributed by atoms with Crippen molar-refractivity contribution in [1.29, 1.82) is 0 Å². The predicted molar refractivity (Wildman–Crippen MR) is 126 cm³/mol. The van der Waals surface area contributed by atoms with Crippen molar-refractivity contribution in [3.8, 4) is 11.4 Å². The number of hydrogen-bond acceptors (Lipinski definition) is 6. The Morgan fingerprint density at radius 2 is 2.09 bits per heavy atom. The van der Waals surface area contributed by atoms with Crippen LogP contribution in [0.1, 0.15) is 12.6 Å². The van der Waals surface area contributed by atoms with Gasteiger partial charge in [-0.2, -0.15) is 0 Å². The topological polar surface area (TPSA) is 73.2 Å². The van der Waals surface area contributed by atoms with Crippen LogP contribution in [0, 0.1) is 5.82 Å². The normalized spacial score (nSPS) is 14.8. The second-order valence-corrected chi connectivity index (χ2v) is 9.93. The summed E-state index contributed by atoms with van der Waals surface area (Å²) < 4.78 is 20.1. The Kier molecular flexibility index (Phi) is 6.78. The highest BCUT2D eigenvalue weighted by Gasteiger charge is 2.27. The highest BCUT2D eigenvalue weighted by Crippen LogP contribution is 2.35. The number of ether oxygens (including phenoxy) is 1. The van der Waals surface area contributed by atoms with E-state index in [1.165, 1.54) is 47.7 Å². The van der Waals surface area contributed by atoms with Gasteiger partial charge in [0.05, 0.1) is 34.8 Å². The molecule has 0 aliphatic carbocycles. The lowest BCUT2D eigenvalue weighted by Gasteiger charge is -2.14. The van der Waals surface area contributed by atoms with Crippen LogP contribution in [0.4, 0.5) is 10.1 Å². The van der Waals surface area contributed by atoms with Crippen molar-refractivity contribution in [2.24, 2.45) is 0 Å². The van der Waals surface area contributed by atoms with Gasteiger partial charge in [0.15, 0.2) is 5.16 Å². The highest BCUT2D eigenvalue weighted by atomic mass is 35.5. The number of hydrogen-bond donors (Lipinski definition) is 1. The number of nitrogens with zero attached hydrogens (tertiary/aromatic N) is 2. The average Bonchev–Trinajstić information content (AvgIpc) is 3.14. The van der Waals surface area contributed by atoms with Crippen molar-refractivity contribution < 1.29 is 13.9 Å². The van der Waals surface area contributed by atoms with Gasteiger partial charge in [0, 0.05) is 16.7 Å². The molecule has 0 bridgehead atoms. The van der Waals surface area contributed by atoms with E-state index in [4.69, 9.17) is 16.3 Å². The highest BCUT2D eigenvalue weighted by molar-refractivity contribution is 8.00. The first-order valence-electron chi connectivity index (χ1n) is 9.70. The zero-order valence-electron chi connectivity index (χ0n) is 17.2. The lowest BCUT2D eigenvalue weighted by molar-refractivity contribution is -0.113. The third-order valence-electron chi connectivity index (χ3n) is 4.73. The van der Waals surface area contributed by atoms with Crippen molar-refractivity contribution in [2.45, 2.75) is 28.6 Å². The summed E-state index contributed by atoms with van der Waals surface area (Å²) in [5, 5.41) is 3.86. The number of amides is 1. The van der Waals surface area contributed by atoms with E-state index in [1.807, 2.05) is 6.92 Å². The average molecular weight is 492 g/mol. The molecule has 0 saturated carbocycles. The van der Waals surface area contributed by atoms with Crippen molar-refractivity contribution >= 4 is 46.7 Å². The van der Waals surface area contributed by atoms with Gasteiger partial charge >= 0.3 is 0 Å². The fourth-order valence-electron chi connectivity index (χ4n) is 3.31. The maximum absolute atomic E-state index is 13.4. The minimum atomic E-state index is -0.400. The summed E-state index contributed by atoms with van der Waals surface area (Å²) in [6.45, 7) is 2.03. The van der Waals surface area contributed by atoms with Gasteiger partial charge in [-0.3, -0.25) is 14.2 Å². The predicted octanol–water partition coefficient (Wildman–Crippen LogP) is 4.80. The van der Waals surface area contributed by atoms with Gasteiger partial charge in [0.1, 0.15) is 11.6 Å². The molecule has 1 aliphatic heterocycles. The molecule has 1 amide bonds. The molecule has 1 atom stereocenters. The first-order valence-corrected chi connectivity index (χ1v) is 11.9. The van der Waals surface area contributed by atoms with E-state index in [-0.39, 0.29) is 22.5 Å². The molecule has 0 spiro atoms. The molecule has 32 heavy (non-hydrogen) atoms. The fourth-order valence-corrected chi connectivity index (χ4v) is 5.41. The van der Waals surface area contributed by atoms with Gasteiger partial charge in [0.25, 0.3) is 5.56 Å². The van der Waals surface area contributed by atoms with Gasteiger partial charge in [-0.25, -0.2) is 9.37 Å². The summed E-state index contributed by atoms with van der Waals surface area (Å²) in [6, 6.07) is 10.6. The second-order valence-electron chi connectivity index (χ2n) is 7.10. The molecule has 2 aromatic carbocycles. The standard InChI is InChI=1S/C22H19ClFN3O3S2/c1-12-9-17-20(32-12)21(29)27(15-6-4-14(24)5-7-15)22(26-17)31-11-19(28)25-16-10-13(23)3-8-18(16)30-2/h3-8,10,12H,9,11H2,1-2H3,(H,25,28)/t12-/m0/s1. The van der Waals surface area contributed by atoms with Crippen molar-refractivity contribution in [3.63, 3.8) is 0 Å². The molecule has 3 aromatic rings. The minimum absolute atomic E-state index is 0.00475. The van der Waals surface area contributed by atoms with E-state index in [2.05, 4.69) is 10.3 Å². The zero-order valence-corrected chi connectivity index (χ0v) is 19.6. The molecular formula is C22H19ClFN3O3S2. The van der Waals surface area contributed by atoms with E-state index in [0.29, 0.717) is 38.6 Å². The molecule has 1 aliphatic rings. The Hall–Kier alpha value is -2.49. The number of benzene rings is 2. The SMILES string of the molecule is COc1ccc(Cl)cc1NC(=O)CSc1nc2c(c(=O)n1-c1ccc(F)cc1)S[C@@H](C)C2. The van der Waals surface area contributed by atoms with Crippen LogP contribution in [-0.2, 0) is 11.2 Å². The first-order chi connectivity index (χ1) is 15.4. The van der Waals surface area contributed by atoms with E-state index >= 15 is 0 Å². The number of halogens is 2. The third kappa shape index (κ3) is 4.79. The minimum Gasteiger partial charge on any atom is -0.495 e. The molecule has 6 nitrogen and oxygen atoms in total. The Labute approximate surface area is 197 Å². The van der Waals surface area contributed by atoms with E-state index < -0.39 is 5.82 Å². The van der Waals surface area contributed by atoms with Gasteiger partial charge in [-0.05, 0) is 42.5 Å². The van der Waals surface area contributed by atoms with Crippen LogP contribution >= 0.6 is 35.1 Å². The molecule has 0 unspecified atom stereocenters. The number of anilines is 1. The quantitative estimate of drug-likeness (QED) is 0.394. The zero-order chi connectivity index (χ0) is 22.8. The molecule has 0 radical (unpaired) electrons. The molecular weight excluding hydrogens is 473 g/mol. The van der Waals surface area contributed by atoms with Crippen LogP contribution < -0.4 is 15.6 Å². The summed E-state index contributed by atoms with van der Waals surface area (Å²) in [5.41, 5.74) is 1.46. The van der Waals surface area contributed by atoms with Gasteiger partial charge in [-0.15, -0.1) is 11.8 Å². The number of carbonyl (C=O) groups excluding carboxylic acids is 1.